The predicted molar refractivity (Wildman–Crippen MR) is 89.8 cm³/mol. The van der Waals surface area contributed by atoms with Gasteiger partial charge in [0.25, 0.3) is 0 Å². The van der Waals surface area contributed by atoms with E-state index in [1.54, 1.807) is 36.4 Å². The van der Waals surface area contributed by atoms with E-state index in [4.69, 9.17) is 9.47 Å². The number of alkyl halides is 3. The molecule has 0 aliphatic carbocycles. The third kappa shape index (κ3) is 4.21. The quantitative estimate of drug-likeness (QED) is 0.690. The van der Waals surface area contributed by atoms with Gasteiger partial charge in [-0.1, -0.05) is 18.2 Å². The molecular formula is C18H14F3N3O2. The van der Waals surface area contributed by atoms with Crippen molar-refractivity contribution in [3.63, 3.8) is 0 Å². The number of halogens is 3. The van der Waals surface area contributed by atoms with E-state index in [2.05, 4.69) is 15.3 Å². The summed E-state index contributed by atoms with van der Waals surface area (Å²) >= 11 is 0. The Kier molecular flexibility index (Phi) is 4.92. The molecule has 2 aromatic carbocycles. The Morgan fingerprint density at radius 1 is 0.923 bits per heavy atom. The summed E-state index contributed by atoms with van der Waals surface area (Å²) in [7, 11) is 1.49. The van der Waals surface area contributed by atoms with E-state index in [0.717, 1.165) is 0 Å². The number of rotatable bonds is 5. The van der Waals surface area contributed by atoms with Crippen molar-refractivity contribution in [3.8, 4) is 17.4 Å². The lowest BCUT2D eigenvalue weighted by atomic mass is 10.3. The van der Waals surface area contributed by atoms with E-state index in [9.17, 15) is 13.2 Å². The third-order valence-corrected chi connectivity index (χ3v) is 3.36. The lowest BCUT2D eigenvalue weighted by molar-refractivity contribution is -0.139. The summed E-state index contributed by atoms with van der Waals surface area (Å²) in [5.41, 5.74) is -0.422. The van der Waals surface area contributed by atoms with Crippen molar-refractivity contribution in [2.45, 2.75) is 6.18 Å². The number of ether oxygens (including phenoxy) is 2. The SMILES string of the molecule is COc1ccc(Oc2nc(Nc3ccccc3)ncc2C(F)(F)F)cc1. The maximum atomic E-state index is 13.2. The molecule has 0 bridgehead atoms. The van der Waals surface area contributed by atoms with Crippen LogP contribution in [0.15, 0.2) is 60.8 Å². The molecule has 0 amide bonds. The molecule has 0 fully saturated rings. The molecule has 0 aliphatic rings. The Morgan fingerprint density at radius 3 is 2.19 bits per heavy atom. The Bertz CT molecular complexity index is 869. The van der Waals surface area contributed by atoms with Crippen molar-refractivity contribution in [2.75, 3.05) is 12.4 Å². The molecule has 3 rings (SSSR count). The second kappa shape index (κ2) is 7.30. The average Bonchev–Trinajstić information content (AvgIpc) is 2.62. The second-order valence-electron chi connectivity index (χ2n) is 5.18. The molecule has 1 heterocycles. The zero-order valence-electron chi connectivity index (χ0n) is 13.6. The Labute approximate surface area is 147 Å². The van der Waals surface area contributed by atoms with Crippen LogP contribution in [0.5, 0.6) is 17.4 Å². The molecule has 1 aromatic heterocycles. The van der Waals surface area contributed by atoms with Crippen molar-refractivity contribution in [2.24, 2.45) is 0 Å². The Balaban J connectivity index is 1.92. The van der Waals surface area contributed by atoms with Gasteiger partial charge in [-0.3, -0.25) is 0 Å². The normalized spacial score (nSPS) is 11.1. The van der Waals surface area contributed by atoms with Crippen molar-refractivity contribution >= 4 is 11.6 Å². The number of benzene rings is 2. The summed E-state index contributed by atoms with van der Waals surface area (Å²) in [5.74, 6) is 0.159. The van der Waals surface area contributed by atoms with Gasteiger partial charge in [0, 0.05) is 11.9 Å². The number of nitrogens with zero attached hydrogens (tertiary/aromatic N) is 2. The molecule has 0 unspecified atom stereocenters. The fourth-order valence-electron chi connectivity index (χ4n) is 2.10. The van der Waals surface area contributed by atoms with Crippen LogP contribution in [-0.2, 0) is 6.18 Å². The smallest absolute Gasteiger partial charge is 0.423 e. The summed E-state index contributed by atoms with van der Waals surface area (Å²) in [6, 6.07) is 15.0. The summed E-state index contributed by atoms with van der Waals surface area (Å²) < 4.78 is 50.0. The number of hydrogen-bond donors (Lipinski definition) is 1. The highest BCUT2D eigenvalue weighted by Crippen LogP contribution is 2.37. The van der Waals surface area contributed by atoms with Gasteiger partial charge in [0.15, 0.2) is 0 Å². The summed E-state index contributed by atoms with van der Waals surface area (Å²) in [6.07, 6.45) is -3.95. The van der Waals surface area contributed by atoms with Crippen LogP contribution in [-0.4, -0.2) is 17.1 Å². The first-order chi connectivity index (χ1) is 12.5. The maximum Gasteiger partial charge on any atom is 0.423 e. The zero-order chi connectivity index (χ0) is 18.6. The number of aromatic nitrogens is 2. The standard InChI is InChI=1S/C18H14F3N3O2/c1-25-13-7-9-14(10-8-13)26-16-15(18(19,20)21)11-22-17(24-16)23-12-5-3-2-4-6-12/h2-11H,1H3,(H,22,23,24). The Hall–Kier alpha value is -3.29. The van der Waals surface area contributed by atoms with Crippen LogP contribution in [0, 0.1) is 0 Å². The van der Waals surface area contributed by atoms with E-state index >= 15 is 0 Å². The molecule has 26 heavy (non-hydrogen) atoms. The molecule has 5 nitrogen and oxygen atoms in total. The number of methoxy groups -OCH3 is 1. The van der Waals surface area contributed by atoms with E-state index in [-0.39, 0.29) is 11.7 Å². The van der Waals surface area contributed by atoms with Crippen LogP contribution >= 0.6 is 0 Å². The third-order valence-electron chi connectivity index (χ3n) is 3.36. The van der Waals surface area contributed by atoms with E-state index in [1.165, 1.54) is 19.2 Å². The van der Waals surface area contributed by atoms with Gasteiger partial charge >= 0.3 is 6.18 Å². The van der Waals surface area contributed by atoms with Gasteiger partial charge in [-0.2, -0.15) is 18.2 Å². The molecule has 0 spiro atoms. The first kappa shape index (κ1) is 17.5. The predicted octanol–water partition coefficient (Wildman–Crippen LogP) is 5.04. The van der Waals surface area contributed by atoms with Crippen molar-refractivity contribution < 1.29 is 22.6 Å². The summed E-state index contributed by atoms with van der Waals surface area (Å²) in [4.78, 5) is 7.60. The fourth-order valence-corrected chi connectivity index (χ4v) is 2.10. The van der Waals surface area contributed by atoms with Crippen LogP contribution in [0.2, 0.25) is 0 Å². The number of anilines is 2. The minimum Gasteiger partial charge on any atom is -0.497 e. The minimum atomic E-state index is -4.65. The molecule has 0 radical (unpaired) electrons. The number of nitrogens with one attached hydrogen (secondary N) is 1. The highest BCUT2D eigenvalue weighted by Gasteiger charge is 2.36. The molecule has 0 aliphatic heterocycles. The summed E-state index contributed by atoms with van der Waals surface area (Å²) in [6.45, 7) is 0. The largest absolute Gasteiger partial charge is 0.497 e. The molecule has 0 saturated heterocycles. The molecule has 8 heteroatoms. The van der Waals surface area contributed by atoms with Crippen LogP contribution in [0.1, 0.15) is 5.56 Å². The van der Waals surface area contributed by atoms with Gasteiger partial charge in [-0.25, -0.2) is 4.98 Å². The molecule has 134 valence electrons. The zero-order valence-corrected chi connectivity index (χ0v) is 13.6. The molecule has 0 atom stereocenters. The van der Waals surface area contributed by atoms with Crippen LogP contribution < -0.4 is 14.8 Å². The number of para-hydroxylation sites is 1. The van der Waals surface area contributed by atoms with Crippen LogP contribution in [0.4, 0.5) is 24.8 Å². The van der Waals surface area contributed by atoms with E-state index in [1.807, 2.05) is 6.07 Å². The molecular weight excluding hydrogens is 347 g/mol. The topological polar surface area (TPSA) is 56.3 Å². The van der Waals surface area contributed by atoms with Gasteiger partial charge < -0.3 is 14.8 Å². The lowest BCUT2D eigenvalue weighted by Gasteiger charge is -2.14. The Morgan fingerprint density at radius 2 is 1.58 bits per heavy atom. The van der Waals surface area contributed by atoms with Crippen molar-refractivity contribution in [1.82, 2.24) is 9.97 Å². The average molecular weight is 361 g/mol. The van der Waals surface area contributed by atoms with Gasteiger partial charge in [0.2, 0.25) is 11.8 Å². The van der Waals surface area contributed by atoms with E-state index < -0.39 is 17.6 Å². The molecule has 1 N–H and O–H groups in total. The summed E-state index contributed by atoms with van der Waals surface area (Å²) in [5, 5.41) is 2.84. The first-order valence-corrected chi connectivity index (χ1v) is 7.54. The first-order valence-electron chi connectivity index (χ1n) is 7.54. The van der Waals surface area contributed by atoms with Crippen molar-refractivity contribution in [1.29, 1.82) is 0 Å². The van der Waals surface area contributed by atoms with Crippen LogP contribution in [0.3, 0.4) is 0 Å². The van der Waals surface area contributed by atoms with Gasteiger partial charge in [-0.05, 0) is 36.4 Å². The number of hydrogen-bond acceptors (Lipinski definition) is 5. The second-order valence-corrected chi connectivity index (χ2v) is 5.18. The highest BCUT2D eigenvalue weighted by atomic mass is 19.4. The fraction of sp³-hybridized carbons (Fsp3) is 0.111. The maximum absolute atomic E-state index is 13.2. The van der Waals surface area contributed by atoms with E-state index in [0.29, 0.717) is 17.6 Å². The molecule has 3 aromatic rings. The van der Waals surface area contributed by atoms with Crippen molar-refractivity contribution in [3.05, 3.63) is 66.4 Å². The molecule has 0 saturated carbocycles. The van der Waals surface area contributed by atoms with Gasteiger partial charge in [0.05, 0.1) is 7.11 Å². The lowest BCUT2D eigenvalue weighted by Crippen LogP contribution is -2.10. The van der Waals surface area contributed by atoms with Crippen LogP contribution in [0.25, 0.3) is 0 Å². The van der Waals surface area contributed by atoms with Gasteiger partial charge in [-0.15, -0.1) is 0 Å². The monoisotopic (exact) mass is 361 g/mol. The minimum absolute atomic E-state index is 0.00675. The highest BCUT2D eigenvalue weighted by molar-refractivity contribution is 5.53. The van der Waals surface area contributed by atoms with Gasteiger partial charge in [0.1, 0.15) is 17.1 Å².